The topological polar surface area (TPSA) is 64.3 Å². The summed E-state index contributed by atoms with van der Waals surface area (Å²) in [5.41, 5.74) is 5.24. The molecular formula is C13H24N2O2S. The van der Waals surface area contributed by atoms with Gasteiger partial charge in [-0.3, -0.25) is 0 Å². The Balaban J connectivity index is 2.57. The molecule has 0 heterocycles. The van der Waals surface area contributed by atoms with Crippen LogP contribution in [0.5, 0.6) is 0 Å². The molecule has 1 atom stereocenters. The van der Waals surface area contributed by atoms with E-state index in [1.54, 1.807) is 0 Å². The summed E-state index contributed by atoms with van der Waals surface area (Å²) in [6.45, 7) is 5.51. The van der Waals surface area contributed by atoms with Crippen molar-refractivity contribution in [2.75, 3.05) is 0 Å². The Morgan fingerprint density at radius 1 is 1.33 bits per heavy atom. The Hall–Kier alpha value is -0.840. The second-order valence-electron chi connectivity index (χ2n) is 5.92. The lowest BCUT2D eigenvalue weighted by Gasteiger charge is -2.31. The van der Waals surface area contributed by atoms with Gasteiger partial charge in [-0.25, -0.2) is 4.79 Å². The van der Waals surface area contributed by atoms with Crippen molar-refractivity contribution >= 4 is 23.3 Å². The van der Waals surface area contributed by atoms with Gasteiger partial charge in [0.25, 0.3) is 0 Å². The lowest BCUT2D eigenvalue weighted by Crippen LogP contribution is -2.50. The molecule has 4 nitrogen and oxygen atoms in total. The van der Waals surface area contributed by atoms with Gasteiger partial charge in [-0.15, -0.1) is 0 Å². The molecule has 0 aromatic carbocycles. The van der Waals surface area contributed by atoms with E-state index in [-0.39, 0.29) is 6.04 Å². The Labute approximate surface area is 115 Å². The quantitative estimate of drug-likeness (QED) is 0.775. The smallest absolute Gasteiger partial charge is 0.408 e. The summed E-state index contributed by atoms with van der Waals surface area (Å²) in [6, 6.07) is -0.241. The van der Waals surface area contributed by atoms with Crippen molar-refractivity contribution in [3.63, 3.8) is 0 Å². The van der Waals surface area contributed by atoms with Gasteiger partial charge in [0, 0.05) is 0 Å². The third-order valence-electron chi connectivity index (χ3n) is 3.10. The average molecular weight is 272 g/mol. The fourth-order valence-electron chi connectivity index (χ4n) is 2.32. The third kappa shape index (κ3) is 5.21. The highest BCUT2D eigenvalue weighted by molar-refractivity contribution is 7.80. The predicted molar refractivity (Wildman–Crippen MR) is 76.5 cm³/mol. The Morgan fingerprint density at radius 3 is 2.33 bits per heavy atom. The molecule has 18 heavy (non-hydrogen) atoms. The number of alkyl carbamates (subject to hydrolysis) is 1. The van der Waals surface area contributed by atoms with Gasteiger partial charge >= 0.3 is 6.09 Å². The summed E-state index contributed by atoms with van der Waals surface area (Å²) in [6.07, 6.45) is 5.31. The highest BCUT2D eigenvalue weighted by Gasteiger charge is 2.28. The molecule has 1 fully saturated rings. The molecule has 1 rings (SSSR count). The van der Waals surface area contributed by atoms with Crippen LogP contribution in [-0.4, -0.2) is 22.7 Å². The first-order chi connectivity index (χ1) is 8.29. The zero-order valence-electron chi connectivity index (χ0n) is 11.5. The average Bonchev–Trinajstić information content (AvgIpc) is 2.24. The number of rotatable bonds is 3. The van der Waals surface area contributed by atoms with Crippen molar-refractivity contribution in [3.8, 4) is 0 Å². The molecule has 1 unspecified atom stereocenters. The molecule has 3 N–H and O–H groups in total. The summed E-state index contributed by atoms with van der Waals surface area (Å²) in [5, 5.41) is 2.82. The van der Waals surface area contributed by atoms with E-state index in [4.69, 9.17) is 22.7 Å². The van der Waals surface area contributed by atoms with Crippen molar-refractivity contribution in [1.29, 1.82) is 0 Å². The van der Waals surface area contributed by atoms with Crippen molar-refractivity contribution < 1.29 is 9.53 Å². The van der Waals surface area contributed by atoms with Crippen molar-refractivity contribution in [3.05, 3.63) is 0 Å². The van der Waals surface area contributed by atoms with Crippen LogP contribution >= 0.6 is 12.2 Å². The molecular weight excluding hydrogens is 248 g/mol. The summed E-state index contributed by atoms with van der Waals surface area (Å²) in [7, 11) is 0. The number of thiocarbonyl (C=S) groups is 1. The van der Waals surface area contributed by atoms with Crippen LogP contribution in [0.25, 0.3) is 0 Å². The number of nitrogens with one attached hydrogen (secondary N) is 1. The number of nitrogens with two attached hydrogens (primary N) is 1. The van der Waals surface area contributed by atoms with Crippen LogP contribution in [0.1, 0.15) is 52.9 Å². The lowest BCUT2D eigenvalue weighted by molar-refractivity contribution is 0.0500. The Morgan fingerprint density at radius 2 is 1.89 bits per heavy atom. The fraction of sp³-hybridized carbons (Fsp3) is 0.846. The normalized spacial score (nSPS) is 19.1. The van der Waals surface area contributed by atoms with E-state index in [1.165, 1.54) is 19.3 Å². The van der Waals surface area contributed by atoms with Crippen molar-refractivity contribution in [2.24, 2.45) is 11.7 Å². The van der Waals surface area contributed by atoms with Crippen LogP contribution in [0, 0.1) is 5.92 Å². The maximum absolute atomic E-state index is 11.8. The van der Waals surface area contributed by atoms with Crippen LogP contribution < -0.4 is 11.1 Å². The number of carbonyl (C=O) groups is 1. The summed E-state index contributed by atoms with van der Waals surface area (Å²) in [4.78, 5) is 12.1. The van der Waals surface area contributed by atoms with E-state index < -0.39 is 11.7 Å². The van der Waals surface area contributed by atoms with E-state index in [1.807, 2.05) is 20.8 Å². The van der Waals surface area contributed by atoms with Gasteiger partial charge in [0.2, 0.25) is 0 Å². The molecule has 0 aromatic rings. The van der Waals surface area contributed by atoms with E-state index in [2.05, 4.69) is 5.32 Å². The SMILES string of the molecule is CC(C)(C)OC(=O)NC(C(N)=S)C1CCCCC1. The lowest BCUT2D eigenvalue weighted by atomic mass is 9.84. The molecule has 1 aliphatic rings. The molecule has 0 spiro atoms. The largest absolute Gasteiger partial charge is 0.444 e. The Bertz CT molecular complexity index is 307. The van der Waals surface area contributed by atoms with E-state index in [0.29, 0.717) is 10.9 Å². The molecule has 1 aliphatic carbocycles. The molecule has 104 valence electrons. The Kier molecular flexibility index (Phi) is 5.38. The van der Waals surface area contributed by atoms with E-state index in [9.17, 15) is 4.79 Å². The minimum absolute atomic E-state index is 0.241. The minimum Gasteiger partial charge on any atom is -0.444 e. The molecule has 5 heteroatoms. The zero-order chi connectivity index (χ0) is 13.8. The third-order valence-corrected chi connectivity index (χ3v) is 3.35. The maximum atomic E-state index is 11.8. The molecule has 0 aliphatic heterocycles. The molecule has 0 saturated heterocycles. The van der Waals surface area contributed by atoms with Crippen LogP contribution in [-0.2, 0) is 4.74 Å². The maximum Gasteiger partial charge on any atom is 0.408 e. The molecule has 0 bridgehead atoms. The summed E-state index contributed by atoms with van der Waals surface area (Å²) in [5.74, 6) is 0.351. The molecule has 1 amide bonds. The van der Waals surface area contributed by atoms with Crippen LogP contribution in [0.4, 0.5) is 4.79 Å². The fourth-order valence-corrected chi connectivity index (χ4v) is 2.57. The van der Waals surface area contributed by atoms with Gasteiger partial charge < -0.3 is 15.8 Å². The van der Waals surface area contributed by atoms with Crippen LogP contribution in [0.3, 0.4) is 0 Å². The number of hydrogen-bond donors (Lipinski definition) is 2. The second-order valence-corrected chi connectivity index (χ2v) is 6.40. The van der Waals surface area contributed by atoms with Gasteiger partial charge in [-0.2, -0.15) is 0 Å². The number of amides is 1. The first-order valence-corrected chi connectivity index (χ1v) is 6.99. The van der Waals surface area contributed by atoms with E-state index in [0.717, 1.165) is 12.8 Å². The van der Waals surface area contributed by atoms with Gasteiger partial charge in [-0.05, 0) is 39.5 Å². The van der Waals surface area contributed by atoms with Gasteiger partial charge in [0.1, 0.15) is 5.60 Å². The van der Waals surface area contributed by atoms with Gasteiger partial charge in [0.15, 0.2) is 0 Å². The monoisotopic (exact) mass is 272 g/mol. The minimum atomic E-state index is -0.503. The van der Waals surface area contributed by atoms with Crippen LogP contribution in [0.15, 0.2) is 0 Å². The van der Waals surface area contributed by atoms with Crippen molar-refractivity contribution in [1.82, 2.24) is 5.32 Å². The van der Waals surface area contributed by atoms with Crippen LogP contribution in [0.2, 0.25) is 0 Å². The first-order valence-electron chi connectivity index (χ1n) is 6.58. The van der Waals surface area contributed by atoms with Gasteiger partial charge in [0.05, 0.1) is 11.0 Å². The number of ether oxygens (including phenoxy) is 1. The first kappa shape index (κ1) is 15.2. The number of carbonyl (C=O) groups excluding carboxylic acids is 1. The summed E-state index contributed by atoms with van der Waals surface area (Å²) >= 11 is 5.07. The standard InChI is InChI=1S/C13H24N2O2S/c1-13(2,3)17-12(16)15-10(11(14)18)9-7-5-4-6-8-9/h9-10H,4-8H2,1-3H3,(H2,14,18)(H,15,16). The molecule has 1 saturated carbocycles. The predicted octanol–water partition coefficient (Wildman–Crippen LogP) is 2.75. The van der Waals surface area contributed by atoms with Crippen molar-refractivity contribution in [2.45, 2.75) is 64.5 Å². The van der Waals surface area contributed by atoms with E-state index >= 15 is 0 Å². The highest BCUT2D eigenvalue weighted by atomic mass is 32.1. The highest BCUT2D eigenvalue weighted by Crippen LogP contribution is 2.26. The summed E-state index contributed by atoms with van der Waals surface area (Å²) < 4.78 is 5.24. The second kappa shape index (κ2) is 6.36. The molecule has 0 radical (unpaired) electrons. The molecule has 0 aromatic heterocycles. The number of hydrogen-bond acceptors (Lipinski definition) is 3. The van der Waals surface area contributed by atoms with Gasteiger partial charge in [-0.1, -0.05) is 31.5 Å². The zero-order valence-corrected chi connectivity index (χ0v) is 12.3.